The summed E-state index contributed by atoms with van der Waals surface area (Å²) in [7, 11) is 1.68. The molecule has 0 N–H and O–H groups in total. The van der Waals surface area contributed by atoms with E-state index in [0.29, 0.717) is 12.4 Å². The van der Waals surface area contributed by atoms with Crippen molar-refractivity contribution in [2.24, 2.45) is 0 Å². The molecule has 1 aromatic carbocycles. The summed E-state index contributed by atoms with van der Waals surface area (Å²) in [4.78, 5) is 0. The van der Waals surface area contributed by atoms with Crippen LogP contribution in [0.4, 0.5) is 0 Å². The second-order valence-corrected chi connectivity index (χ2v) is 3.78. The number of tetrazole rings is 1. The fourth-order valence-electron chi connectivity index (χ4n) is 1.62. The zero-order chi connectivity index (χ0) is 12.1. The van der Waals surface area contributed by atoms with Crippen molar-refractivity contribution in [1.82, 2.24) is 20.2 Å². The lowest BCUT2D eigenvalue weighted by Crippen LogP contribution is -2.06. The van der Waals surface area contributed by atoms with E-state index in [1.165, 1.54) is 0 Å². The number of aromatic nitrogens is 4. The average molecular weight is 253 g/mol. The number of benzene rings is 1. The molecule has 0 saturated carbocycles. The van der Waals surface area contributed by atoms with Crippen LogP contribution in [0.15, 0.2) is 24.3 Å². The van der Waals surface area contributed by atoms with Gasteiger partial charge in [-0.05, 0) is 28.5 Å². The molecule has 0 saturated heterocycles. The zero-order valence-corrected chi connectivity index (χ0v) is 10.3. The van der Waals surface area contributed by atoms with E-state index in [-0.39, 0.29) is 5.88 Å². The highest BCUT2D eigenvalue weighted by molar-refractivity contribution is 6.16. The van der Waals surface area contributed by atoms with E-state index in [0.717, 1.165) is 17.7 Å². The summed E-state index contributed by atoms with van der Waals surface area (Å²) >= 11 is 5.79. The van der Waals surface area contributed by atoms with Crippen molar-refractivity contribution in [1.29, 1.82) is 0 Å². The van der Waals surface area contributed by atoms with E-state index in [1.807, 2.05) is 24.3 Å². The maximum absolute atomic E-state index is 5.79. The topological polar surface area (TPSA) is 52.8 Å². The van der Waals surface area contributed by atoms with Gasteiger partial charge in [0.05, 0.1) is 18.2 Å². The lowest BCUT2D eigenvalue weighted by molar-refractivity contribution is 0.202. The molecule has 0 fully saturated rings. The first-order chi connectivity index (χ1) is 8.36. The molecule has 2 aromatic rings. The highest BCUT2D eigenvalue weighted by Gasteiger charge is 2.10. The van der Waals surface area contributed by atoms with Crippen molar-refractivity contribution in [3.63, 3.8) is 0 Å². The molecule has 0 bridgehead atoms. The number of methoxy groups -OCH3 is 1. The van der Waals surface area contributed by atoms with Crippen LogP contribution in [0, 0.1) is 0 Å². The largest absolute Gasteiger partial charge is 0.384 e. The molecule has 0 aliphatic rings. The first kappa shape index (κ1) is 12.0. The minimum absolute atomic E-state index is 0.283. The summed E-state index contributed by atoms with van der Waals surface area (Å²) in [5.41, 5.74) is 2.08. The van der Waals surface area contributed by atoms with Crippen LogP contribution >= 0.6 is 11.6 Å². The number of rotatable bonds is 5. The van der Waals surface area contributed by atoms with Crippen LogP contribution in [0.5, 0.6) is 0 Å². The third kappa shape index (κ3) is 2.62. The average Bonchev–Trinajstić information content (AvgIpc) is 2.84. The Bertz CT molecular complexity index is 486. The zero-order valence-electron chi connectivity index (χ0n) is 9.51. The lowest BCUT2D eigenvalue weighted by Gasteiger charge is -2.09. The molecule has 2 rings (SSSR count). The Balaban J connectivity index is 2.37. The summed E-state index contributed by atoms with van der Waals surface area (Å²) < 4.78 is 6.75. The standard InChI is InChI=1S/C11H13ClN4O/c1-17-7-6-9-4-2-3-5-10(9)16-11(8-12)13-14-15-16/h2-5H,6-8H2,1H3. The fraction of sp³-hybridized carbons (Fsp3) is 0.364. The molecule has 0 aliphatic heterocycles. The molecule has 0 aliphatic carbocycles. The molecule has 0 atom stereocenters. The van der Waals surface area contributed by atoms with Gasteiger partial charge in [0, 0.05) is 7.11 Å². The highest BCUT2D eigenvalue weighted by atomic mass is 35.5. The maximum Gasteiger partial charge on any atom is 0.171 e. The second-order valence-electron chi connectivity index (χ2n) is 3.51. The van der Waals surface area contributed by atoms with Gasteiger partial charge in [-0.25, -0.2) is 0 Å². The lowest BCUT2D eigenvalue weighted by atomic mass is 10.1. The normalized spacial score (nSPS) is 10.7. The Labute approximate surface area is 104 Å². The number of para-hydroxylation sites is 1. The quantitative estimate of drug-likeness (QED) is 0.759. The maximum atomic E-state index is 5.79. The van der Waals surface area contributed by atoms with Gasteiger partial charge in [-0.15, -0.1) is 16.7 Å². The van der Waals surface area contributed by atoms with Crippen molar-refractivity contribution >= 4 is 11.6 Å². The van der Waals surface area contributed by atoms with Crippen molar-refractivity contribution < 1.29 is 4.74 Å². The molecule has 1 heterocycles. The molecule has 5 nitrogen and oxygen atoms in total. The van der Waals surface area contributed by atoms with Crippen LogP contribution in [0.25, 0.3) is 5.69 Å². The molecule has 0 amide bonds. The van der Waals surface area contributed by atoms with Crippen molar-refractivity contribution in [2.75, 3.05) is 13.7 Å². The molecule has 0 unspecified atom stereocenters. The number of halogens is 1. The van der Waals surface area contributed by atoms with Gasteiger partial charge in [0.2, 0.25) is 0 Å². The van der Waals surface area contributed by atoms with Gasteiger partial charge in [-0.2, -0.15) is 4.68 Å². The van der Waals surface area contributed by atoms with E-state index >= 15 is 0 Å². The first-order valence-corrected chi connectivity index (χ1v) is 5.80. The number of hydrogen-bond donors (Lipinski definition) is 0. The SMILES string of the molecule is COCCc1ccccc1-n1nnnc1CCl. The highest BCUT2D eigenvalue weighted by Crippen LogP contribution is 2.15. The molecule has 0 radical (unpaired) electrons. The number of alkyl halides is 1. The Morgan fingerprint density at radius 2 is 2.18 bits per heavy atom. The second kappa shape index (κ2) is 5.75. The van der Waals surface area contributed by atoms with E-state index in [1.54, 1.807) is 11.8 Å². The summed E-state index contributed by atoms with van der Waals surface area (Å²) in [6, 6.07) is 7.94. The van der Waals surface area contributed by atoms with Crippen LogP contribution < -0.4 is 0 Å². The minimum Gasteiger partial charge on any atom is -0.384 e. The summed E-state index contributed by atoms with van der Waals surface area (Å²) in [5.74, 6) is 0.919. The molecule has 90 valence electrons. The summed E-state index contributed by atoms with van der Waals surface area (Å²) in [6.45, 7) is 0.662. The van der Waals surface area contributed by atoms with Crippen LogP contribution in [0.3, 0.4) is 0 Å². The number of hydrogen-bond acceptors (Lipinski definition) is 4. The predicted octanol–water partition coefficient (Wildman–Crippen LogP) is 1.59. The molecule has 17 heavy (non-hydrogen) atoms. The predicted molar refractivity (Wildman–Crippen MR) is 64.3 cm³/mol. The van der Waals surface area contributed by atoms with Crippen LogP contribution in [-0.2, 0) is 17.0 Å². The van der Waals surface area contributed by atoms with Crippen molar-refractivity contribution in [3.05, 3.63) is 35.7 Å². The first-order valence-electron chi connectivity index (χ1n) is 5.27. The third-order valence-corrected chi connectivity index (χ3v) is 2.69. The Hall–Kier alpha value is -1.46. The summed E-state index contributed by atoms with van der Waals surface area (Å²) in [5, 5.41) is 11.5. The van der Waals surface area contributed by atoms with E-state index < -0.39 is 0 Å². The Morgan fingerprint density at radius 1 is 1.35 bits per heavy atom. The van der Waals surface area contributed by atoms with Gasteiger partial charge >= 0.3 is 0 Å². The molecule has 6 heteroatoms. The Morgan fingerprint density at radius 3 is 2.94 bits per heavy atom. The Kier molecular flexibility index (Phi) is 4.06. The van der Waals surface area contributed by atoms with Crippen LogP contribution in [-0.4, -0.2) is 33.9 Å². The molecular formula is C11H13ClN4O. The summed E-state index contributed by atoms with van der Waals surface area (Å²) in [6.07, 6.45) is 0.814. The van der Waals surface area contributed by atoms with Gasteiger partial charge in [-0.1, -0.05) is 18.2 Å². The van der Waals surface area contributed by atoms with E-state index in [9.17, 15) is 0 Å². The van der Waals surface area contributed by atoms with Gasteiger partial charge < -0.3 is 4.74 Å². The van der Waals surface area contributed by atoms with Crippen LogP contribution in [0.2, 0.25) is 0 Å². The van der Waals surface area contributed by atoms with E-state index in [4.69, 9.17) is 16.3 Å². The molecule has 1 aromatic heterocycles. The third-order valence-electron chi connectivity index (χ3n) is 2.45. The van der Waals surface area contributed by atoms with Gasteiger partial charge in [-0.3, -0.25) is 0 Å². The van der Waals surface area contributed by atoms with E-state index in [2.05, 4.69) is 15.5 Å². The van der Waals surface area contributed by atoms with Gasteiger partial charge in [0.1, 0.15) is 0 Å². The monoisotopic (exact) mass is 252 g/mol. The molecule has 0 spiro atoms. The smallest absolute Gasteiger partial charge is 0.171 e. The number of nitrogens with zero attached hydrogens (tertiary/aromatic N) is 4. The van der Waals surface area contributed by atoms with Gasteiger partial charge in [0.15, 0.2) is 5.82 Å². The van der Waals surface area contributed by atoms with Crippen molar-refractivity contribution in [3.8, 4) is 5.69 Å². The minimum atomic E-state index is 0.283. The molecular weight excluding hydrogens is 240 g/mol. The van der Waals surface area contributed by atoms with Crippen LogP contribution in [0.1, 0.15) is 11.4 Å². The fourth-order valence-corrected chi connectivity index (χ4v) is 1.78. The van der Waals surface area contributed by atoms with Gasteiger partial charge in [0.25, 0.3) is 0 Å². The number of ether oxygens (including phenoxy) is 1. The van der Waals surface area contributed by atoms with Crippen molar-refractivity contribution in [2.45, 2.75) is 12.3 Å².